The van der Waals surface area contributed by atoms with Crippen molar-refractivity contribution in [2.24, 2.45) is 0 Å². The van der Waals surface area contributed by atoms with Gasteiger partial charge in [0.15, 0.2) is 0 Å². The van der Waals surface area contributed by atoms with Crippen LogP contribution in [0.3, 0.4) is 0 Å². The van der Waals surface area contributed by atoms with Crippen molar-refractivity contribution >= 4 is 11.6 Å². The number of rotatable bonds is 6. The van der Waals surface area contributed by atoms with Crippen molar-refractivity contribution in [3.63, 3.8) is 0 Å². The monoisotopic (exact) mass is 285 g/mol. The lowest BCUT2D eigenvalue weighted by Crippen LogP contribution is -2.12. The Morgan fingerprint density at radius 1 is 0.952 bits per heavy atom. The van der Waals surface area contributed by atoms with Crippen LogP contribution in [-0.2, 0) is 11.2 Å². The first kappa shape index (κ1) is 14.9. The maximum absolute atomic E-state index is 12.0. The molecule has 0 atom stereocenters. The van der Waals surface area contributed by atoms with Crippen molar-refractivity contribution in [1.82, 2.24) is 0 Å². The predicted molar refractivity (Wildman–Crippen MR) is 82.9 cm³/mol. The molecular formula is C17H19NO3. The summed E-state index contributed by atoms with van der Waals surface area (Å²) in [5, 5.41) is 2.87. The molecule has 4 nitrogen and oxygen atoms in total. The molecule has 0 heterocycles. The summed E-state index contributed by atoms with van der Waals surface area (Å²) < 4.78 is 10.7. The largest absolute Gasteiger partial charge is 0.496 e. The van der Waals surface area contributed by atoms with Crippen molar-refractivity contribution in [1.29, 1.82) is 0 Å². The average molecular weight is 285 g/mol. The topological polar surface area (TPSA) is 47.6 Å². The quantitative estimate of drug-likeness (QED) is 0.886. The number of methoxy groups -OCH3 is 2. The number of carbonyl (C=O) groups excluding carboxylic acids is 1. The summed E-state index contributed by atoms with van der Waals surface area (Å²) in [4.78, 5) is 12.0. The van der Waals surface area contributed by atoms with Gasteiger partial charge in [-0.15, -0.1) is 0 Å². The minimum atomic E-state index is -0.0332. The van der Waals surface area contributed by atoms with Crippen LogP contribution in [0.2, 0.25) is 0 Å². The summed E-state index contributed by atoms with van der Waals surface area (Å²) in [5.41, 5.74) is 1.71. The maximum atomic E-state index is 12.0. The first-order valence-electron chi connectivity index (χ1n) is 6.79. The van der Waals surface area contributed by atoms with Crippen LogP contribution in [0.5, 0.6) is 11.5 Å². The molecule has 1 N–H and O–H groups in total. The van der Waals surface area contributed by atoms with Crippen LogP contribution in [0.1, 0.15) is 12.0 Å². The zero-order valence-electron chi connectivity index (χ0n) is 12.3. The Labute approximate surface area is 124 Å². The molecule has 0 radical (unpaired) electrons. The minimum Gasteiger partial charge on any atom is -0.496 e. The zero-order chi connectivity index (χ0) is 15.1. The lowest BCUT2D eigenvalue weighted by molar-refractivity contribution is -0.116. The maximum Gasteiger partial charge on any atom is 0.224 e. The summed E-state index contributed by atoms with van der Waals surface area (Å²) >= 11 is 0. The predicted octanol–water partition coefficient (Wildman–Crippen LogP) is 3.28. The summed E-state index contributed by atoms with van der Waals surface area (Å²) in [6.45, 7) is 0. The molecule has 0 bridgehead atoms. The van der Waals surface area contributed by atoms with Crippen LogP contribution in [0.25, 0.3) is 0 Å². The van der Waals surface area contributed by atoms with E-state index in [9.17, 15) is 4.79 Å². The van der Waals surface area contributed by atoms with Gasteiger partial charge in [0.25, 0.3) is 0 Å². The van der Waals surface area contributed by atoms with E-state index in [1.807, 2.05) is 48.5 Å². The molecule has 2 rings (SSSR count). The molecule has 2 aromatic carbocycles. The Hall–Kier alpha value is -2.49. The van der Waals surface area contributed by atoms with Crippen molar-refractivity contribution in [2.75, 3.05) is 19.5 Å². The van der Waals surface area contributed by atoms with Gasteiger partial charge in [-0.1, -0.05) is 24.3 Å². The van der Waals surface area contributed by atoms with Crippen LogP contribution < -0.4 is 14.8 Å². The van der Waals surface area contributed by atoms with Gasteiger partial charge >= 0.3 is 0 Å². The number of para-hydroxylation sites is 1. The lowest BCUT2D eigenvalue weighted by atomic mass is 10.1. The van der Waals surface area contributed by atoms with Gasteiger partial charge in [0.05, 0.1) is 14.2 Å². The van der Waals surface area contributed by atoms with Gasteiger partial charge in [-0.05, 0) is 30.7 Å². The van der Waals surface area contributed by atoms with Crippen LogP contribution in [0, 0.1) is 0 Å². The van der Waals surface area contributed by atoms with E-state index < -0.39 is 0 Å². The molecule has 21 heavy (non-hydrogen) atoms. The van der Waals surface area contributed by atoms with Gasteiger partial charge in [0.1, 0.15) is 11.5 Å². The second-order valence-electron chi connectivity index (χ2n) is 4.56. The second-order valence-corrected chi connectivity index (χ2v) is 4.56. The number of ether oxygens (including phenoxy) is 2. The van der Waals surface area contributed by atoms with E-state index in [4.69, 9.17) is 9.47 Å². The van der Waals surface area contributed by atoms with Crippen LogP contribution >= 0.6 is 0 Å². The van der Waals surface area contributed by atoms with Gasteiger partial charge in [0, 0.05) is 17.7 Å². The Kier molecular flexibility index (Phi) is 5.21. The van der Waals surface area contributed by atoms with Gasteiger partial charge in [-0.2, -0.15) is 0 Å². The molecule has 0 aromatic heterocycles. The molecule has 0 unspecified atom stereocenters. The highest BCUT2D eigenvalue weighted by atomic mass is 16.5. The van der Waals surface area contributed by atoms with E-state index in [1.165, 1.54) is 0 Å². The van der Waals surface area contributed by atoms with E-state index in [0.717, 1.165) is 22.7 Å². The molecule has 2 aromatic rings. The fourth-order valence-corrected chi connectivity index (χ4v) is 2.16. The number of amides is 1. The highest BCUT2D eigenvalue weighted by Crippen LogP contribution is 2.29. The molecule has 0 fully saturated rings. The Morgan fingerprint density at radius 3 is 2.14 bits per heavy atom. The van der Waals surface area contributed by atoms with E-state index in [-0.39, 0.29) is 5.91 Å². The van der Waals surface area contributed by atoms with Gasteiger partial charge < -0.3 is 14.8 Å². The zero-order valence-corrected chi connectivity index (χ0v) is 12.3. The Bertz CT molecular complexity index is 574. The molecule has 0 spiro atoms. The van der Waals surface area contributed by atoms with Crippen LogP contribution in [-0.4, -0.2) is 20.1 Å². The number of carbonyl (C=O) groups is 1. The normalized spacial score (nSPS) is 10.0. The fourth-order valence-electron chi connectivity index (χ4n) is 2.16. The van der Waals surface area contributed by atoms with E-state index >= 15 is 0 Å². The second kappa shape index (κ2) is 7.33. The van der Waals surface area contributed by atoms with Crippen molar-refractivity contribution in [2.45, 2.75) is 12.8 Å². The molecule has 4 heteroatoms. The third kappa shape index (κ3) is 3.99. The molecule has 1 amide bonds. The molecule has 0 saturated carbocycles. The van der Waals surface area contributed by atoms with Gasteiger partial charge in [-0.3, -0.25) is 4.79 Å². The smallest absolute Gasteiger partial charge is 0.224 e. The lowest BCUT2D eigenvalue weighted by Gasteiger charge is -2.12. The molecule has 110 valence electrons. The fraction of sp³-hybridized carbons (Fsp3) is 0.235. The van der Waals surface area contributed by atoms with Gasteiger partial charge in [0.2, 0.25) is 5.91 Å². The third-order valence-electron chi connectivity index (χ3n) is 3.19. The standard InChI is InChI=1S/C17H19NO3/c1-20-15-9-6-10-16(21-2)14(15)11-12-17(19)18-13-7-4-3-5-8-13/h3-10H,11-12H2,1-2H3,(H,18,19). The minimum absolute atomic E-state index is 0.0332. The molecule has 0 aliphatic carbocycles. The SMILES string of the molecule is COc1cccc(OC)c1CCC(=O)Nc1ccccc1. The third-order valence-corrected chi connectivity index (χ3v) is 3.19. The summed E-state index contributed by atoms with van der Waals surface area (Å²) in [6.07, 6.45) is 0.928. The number of benzene rings is 2. The average Bonchev–Trinajstić information content (AvgIpc) is 2.53. The summed E-state index contributed by atoms with van der Waals surface area (Å²) in [7, 11) is 3.23. The van der Waals surface area contributed by atoms with Crippen molar-refractivity contribution < 1.29 is 14.3 Å². The summed E-state index contributed by atoms with van der Waals surface area (Å²) in [6, 6.07) is 15.0. The Balaban J connectivity index is 2.01. The van der Waals surface area contributed by atoms with Crippen LogP contribution in [0.15, 0.2) is 48.5 Å². The van der Waals surface area contributed by atoms with Gasteiger partial charge in [-0.25, -0.2) is 0 Å². The number of hydrogen-bond acceptors (Lipinski definition) is 3. The van der Waals surface area contributed by atoms with E-state index in [0.29, 0.717) is 12.8 Å². The number of hydrogen-bond donors (Lipinski definition) is 1. The van der Waals surface area contributed by atoms with E-state index in [2.05, 4.69) is 5.32 Å². The van der Waals surface area contributed by atoms with Crippen molar-refractivity contribution in [3.8, 4) is 11.5 Å². The molecular weight excluding hydrogens is 266 g/mol. The number of nitrogens with one attached hydrogen (secondary N) is 1. The highest BCUT2D eigenvalue weighted by Gasteiger charge is 2.12. The van der Waals surface area contributed by atoms with E-state index in [1.54, 1.807) is 14.2 Å². The highest BCUT2D eigenvalue weighted by molar-refractivity contribution is 5.90. The summed E-state index contributed by atoms with van der Waals surface area (Å²) in [5.74, 6) is 1.44. The molecule has 0 aliphatic heterocycles. The van der Waals surface area contributed by atoms with Crippen LogP contribution in [0.4, 0.5) is 5.69 Å². The Morgan fingerprint density at radius 2 is 1.57 bits per heavy atom. The molecule has 0 saturated heterocycles. The molecule has 0 aliphatic rings. The number of anilines is 1. The van der Waals surface area contributed by atoms with Crippen molar-refractivity contribution in [3.05, 3.63) is 54.1 Å². The first-order chi connectivity index (χ1) is 10.2. The first-order valence-corrected chi connectivity index (χ1v) is 6.79.